The number of carbonyl (C=O) groups is 1. The molecule has 5 rings (SSSR count). The van der Waals surface area contributed by atoms with Gasteiger partial charge < -0.3 is 10.1 Å². The van der Waals surface area contributed by atoms with Gasteiger partial charge in [-0.05, 0) is 85.5 Å². The number of halogens is 3. The van der Waals surface area contributed by atoms with Crippen LogP contribution in [0.4, 0.5) is 18.0 Å². The van der Waals surface area contributed by atoms with E-state index in [-0.39, 0.29) is 11.8 Å². The quantitative estimate of drug-likeness (QED) is 0.163. The summed E-state index contributed by atoms with van der Waals surface area (Å²) in [5.41, 5.74) is 7.07. The third-order valence-electron chi connectivity index (χ3n) is 7.73. The number of benzene rings is 3. The molecule has 0 saturated carbocycles. The van der Waals surface area contributed by atoms with Crippen molar-refractivity contribution in [3.8, 4) is 28.5 Å². The number of urea groups is 1. The molecular weight excluding hydrogens is 625 g/mol. The van der Waals surface area contributed by atoms with E-state index >= 15 is 0 Å². The third kappa shape index (κ3) is 8.56. The topological polar surface area (TPSA) is 86.3 Å². The number of alkyl halides is 3. The lowest BCUT2D eigenvalue weighted by molar-refractivity contribution is -0.274. The normalized spacial score (nSPS) is 12.8. The number of nitrogens with zero attached hydrogens (tertiary/aromatic N) is 5. The lowest BCUT2D eigenvalue weighted by atomic mass is 9.96. The van der Waals surface area contributed by atoms with Crippen molar-refractivity contribution in [3.63, 3.8) is 0 Å². The standard InChI is InChI=1S/C35H37F3N6O2S/c1-22(2)31-24(4)7-6-8-30(31)44-25(5)20-47-34(44)41-33(45)39-18-17-23(3)19-26-9-11-27(12-10-26)32-40-21-43(42-32)28-13-15-29(16-14-28)46-35(36,37)38/h6-16,20-23H,17-19H2,1-5H3,(H,39,45). The van der Waals surface area contributed by atoms with Crippen LogP contribution in [0.1, 0.15) is 55.5 Å². The van der Waals surface area contributed by atoms with Crippen molar-refractivity contribution in [2.45, 2.75) is 59.7 Å². The molecule has 0 spiro atoms. The van der Waals surface area contributed by atoms with Crippen LogP contribution in [0.25, 0.3) is 22.8 Å². The van der Waals surface area contributed by atoms with Gasteiger partial charge in [-0.2, -0.15) is 4.99 Å². The van der Waals surface area contributed by atoms with Crippen LogP contribution in [0.3, 0.4) is 0 Å². The molecule has 3 aromatic carbocycles. The van der Waals surface area contributed by atoms with E-state index in [1.807, 2.05) is 42.6 Å². The van der Waals surface area contributed by atoms with Crippen molar-refractivity contribution in [1.82, 2.24) is 24.6 Å². The molecule has 0 aliphatic carbocycles. The molecule has 8 nitrogen and oxygen atoms in total. The van der Waals surface area contributed by atoms with Crippen LogP contribution >= 0.6 is 11.3 Å². The number of amides is 2. The molecule has 2 aromatic heterocycles. The summed E-state index contributed by atoms with van der Waals surface area (Å²) >= 11 is 1.46. The fourth-order valence-electron chi connectivity index (χ4n) is 5.54. The van der Waals surface area contributed by atoms with Gasteiger partial charge in [-0.3, -0.25) is 4.57 Å². The summed E-state index contributed by atoms with van der Waals surface area (Å²) in [6.45, 7) is 11.1. The van der Waals surface area contributed by atoms with Crippen molar-refractivity contribution in [2.75, 3.05) is 6.54 Å². The molecule has 246 valence electrons. The molecule has 0 radical (unpaired) electrons. The zero-order valence-electron chi connectivity index (χ0n) is 26.9. The predicted octanol–water partition coefficient (Wildman–Crippen LogP) is 8.30. The number of thiazole rings is 1. The highest BCUT2D eigenvalue weighted by molar-refractivity contribution is 7.07. The first-order valence-corrected chi connectivity index (χ1v) is 16.2. The van der Waals surface area contributed by atoms with Gasteiger partial charge in [-0.1, -0.05) is 57.2 Å². The van der Waals surface area contributed by atoms with Crippen LogP contribution in [-0.4, -0.2) is 38.3 Å². The highest BCUT2D eigenvalue weighted by Crippen LogP contribution is 2.27. The van der Waals surface area contributed by atoms with Gasteiger partial charge in [-0.15, -0.1) is 29.6 Å². The number of hydrogen-bond donors (Lipinski definition) is 1. The van der Waals surface area contributed by atoms with Gasteiger partial charge in [0.1, 0.15) is 12.1 Å². The molecule has 0 bridgehead atoms. The summed E-state index contributed by atoms with van der Waals surface area (Å²) in [7, 11) is 0. The van der Waals surface area contributed by atoms with Crippen molar-refractivity contribution >= 4 is 17.4 Å². The van der Waals surface area contributed by atoms with E-state index in [4.69, 9.17) is 0 Å². The second-order valence-corrected chi connectivity index (χ2v) is 12.7. The predicted molar refractivity (Wildman–Crippen MR) is 177 cm³/mol. The number of aromatic nitrogens is 4. The molecule has 1 N–H and O–H groups in total. The highest BCUT2D eigenvalue weighted by Gasteiger charge is 2.31. The van der Waals surface area contributed by atoms with Crippen molar-refractivity contribution < 1.29 is 22.7 Å². The zero-order chi connectivity index (χ0) is 33.7. The summed E-state index contributed by atoms with van der Waals surface area (Å²) < 4.78 is 44.8. The Bertz CT molecular complexity index is 1890. The number of nitrogens with one attached hydrogen (secondary N) is 1. The number of rotatable bonds is 10. The maximum Gasteiger partial charge on any atom is 0.573 e. The summed E-state index contributed by atoms with van der Waals surface area (Å²) in [5.74, 6) is 0.843. The van der Waals surface area contributed by atoms with E-state index in [0.29, 0.717) is 34.7 Å². The molecule has 2 amide bonds. The minimum absolute atomic E-state index is 0.302. The second kappa shape index (κ2) is 14.4. The van der Waals surface area contributed by atoms with E-state index in [2.05, 4.69) is 69.5 Å². The molecule has 47 heavy (non-hydrogen) atoms. The zero-order valence-corrected chi connectivity index (χ0v) is 27.7. The summed E-state index contributed by atoms with van der Waals surface area (Å²) in [6, 6.07) is 19.2. The van der Waals surface area contributed by atoms with Gasteiger partial charge in [0.25, 0.3) is 0 Å². The first-order chi connectivity index (χ1) is 22.4. The van der Waals surface area contributed by atoms with E-state index in [9.17, 15) is 18.0 Å². The largest absolute Gasteiger partial charge is 0.573 e. The van der Waals surface area contributed by atoms with Crippen molar-refractivity contribution in [3.05, 3.63) is 106 Å². The average molecular weight is 663 g/mol. The first kappa shape index (κ1) is 33.6. The van der Waals surface area contributed by atoms with Gasteiger partial charge in [0.2, 0.25) is 0 Å². The van der Waals surface area contributed by atoms with Gasteiger partial charge >= 0.3 is 12.4 Å². The average Bonchev–Trinajstić information content (AvgIpc) is 3.64. The van der Waals surface area contributed by atoms with Gasteiger partial charge in [0.05, 0.1) is 11.4 Å². The molecular formula is C35H37F3N6O2S. The van der Waals surface area contributed by atoms with Gasteiger partial charge in [0.15, 0.2) is 10.6 Å². The van der Waals surface area contributed by atoms with E-state index in [1.165, 1.54) is 57.7 Å². The van der Waals surface area contributed by atoms with Crippen LogP contribution in [0.2, 0.25) is 0 Å². The van der Waals surface area contributed by atoms with E-state index in [0.717, 1.165) is 35.3 Å². The summed E-state index contributed by atoms with van der Waals surface area (Å²) in [6.07, 6.45) is -1.61. The number of aryl methyl sites for hydroxylation is 2. The Kier molecular flexibility index (Phi) is 10.3. The molecule has 0 aliphatic heterocycles. The Balaban J connectivity index is 1.15. The summed E-state index contributed by atoms with van der Waals surface area (Å²) in [4.78, 5) is 22.2. The van der Waals surface area contributed by atoms with Gasteiger partial charge in [-0.25, -0.2) is 14.5 Å². The van der Waals surface area contributed by atoms with E-state index in [1.54, 1.807) is 0 Å². The van der Waals surface area contributed by atoms with Crippen LogP contribution in [0.5, 0.6) is 5.75 Å². The maximum atomic E-state index is 12.8. The highest BCUT2D eigenvalue weighted by atomic mass is 32.1. The molecule has 1 unspecified atom stereocenters. The minimum Gasteiger partial charge on any atom is -0.406 e. The monoisotopic (exact) mass is 662 g/mol. The molecule has 1 atom stereocenters. The smallest absolute Gasteiger partial charge is 0.406 e. The van der Waals surface area contributed by atoms with Crippen LogP contribution in [0.15, 0.2) is 83.4 Å². The van der Waals surface area contributed by atoms with Crippen LogP contribution < -0.4 is 14.9 Å². The fourth-order valence-corrected chi connectivity index (χ4v) is 6.41. The number of hydrogen-bond acceptors (Lipinski definition) is 5. The Morgan fingerprint density at radius 3 is 2.43 bits per heavy atom. The SMILES string of the molecule is Cc1cccc(-n2c(C)csc2=NC(=O)NCCC(C)Cc2ccc(-c3ncn(-c4ccc(OC(F)(F)F)cc4)n3)cc2)c1C(C)C. The van der Waals surface area contributed by atoms with E-state index < -0.39 is 6.36 Å². The lowest BCUT2D eigenvalue weighted by Gasteiger charge is -2.17. The van der Waals surface area contributed by atoms with Crippen molar-refractivity contribution in [2.24, 2.45) is 10.9 Å². The number of ether oxygens (including phenoxy) is 1. The Labute approximate surface area is 275 Å². The lowest BCUT2D eigenvalue weighted by Crippen LogP contribution is -2.26. The maximum absolute atomic E-state index is 12.8. The second-order valence-electron chi connectivity index (χ2n) is 11.9. The van der Waals surface area contributed by atoms with Crippen molar-refractivity contribution in [1.29, 1.82) is 0 Å². The first-order valence-electron chi connectivity index (χ1n) is 15.3. The summed E-state index contributed by atoms with van der Waals surface area (Å²) in [5, 5.41) is 9.44. The third-order valence-corrected chi connectivity index (χ3v) is 8.68. The molecule has 0 aliphatic rings. The minimum atomic E-state index is -4.74. The number of carbonyl (C=O) groups excluding carboxylic acids is 1. The Morgan fingerprint density at radius 1 is 1.02 bits per heavy atom. The molecule has 2 heterocycles. The fraction of sp³-hybridized carbons (Fsp3) is 0.314. The Hall–Kier alpha value is -4.71. The Morgan fingerprint density at radius 2 is 1.74 bits per heavy atom. The molecule has 5 aromatic rings. The van der Waals surface area contributed by atoms with Crippen LogP contribution in [0, 0.1) is 19.8 Å². The molecule has 12 heteroatoms. The molecule has 0 fully saturated rings. The van der Waals surface area contributed by atoms with Crippen LogP contribution in [-0.2, 0) is 6.42 Å². The molecule has 0 saturated heterocycles. The van der Waals surface area contributed by atoms with Gasteiger partial charge in [0, 0.05) is 23.2 Å².